The predicted octanol–water partition coefficient (Wildman–Crippen LogP) is 2.30. The summed E-state index contributed by atoms with van der Waals surface area (Å²) in [5, 5.41) is 7.25. The van der Waals surface area contributed by atoms with Crippen LogP contribution in [0.2, 0.25) is 0 Å². The van der Waals surface area contributed by atoms with E-state index >= 15 is 0 Å². The molecule has 0 saturated carbocycles. The van der Waals surface area contributed by atoms with Gasteiger partial charge in [0.2, 0.25) is 0 Å². The first-order valence-corrected chi connectivity index (χ1v) is 4.90. The summed E-state index contributed by atoms with van der Waals surface area (Å²) >= 11 is 0. The quantitative estimate of drug-likeness (QED) is 0.710. The molecule has 0 aliphatic carbocycles. The molecule has 1 rings (SSSR count). The molecule has 3 nitrogen and oxygen atoms in total. The third-order valence-electron chi connectivity index (χ3n) is 1.88. The molecule has 3 heteroatoms. The maximum absolute atomic E-state index is 5.17. The van der Waals surface area contributed by atoms with E-state index in [-0.39, 0.29) is 0 Å². The molecule has 0 bridgehead atoms. The van der Waals surface area contributed by atoms with Crippen LogP contribution in [0.25, 0.3) is 0 Å². The highest BCUT2D eigenvalue weighted by atomic mass is 16.5. The van der Waals surface area contributed by atoms with Crippen LogP contribution in [0, 0.1) is 0 Å². The molecule has 1 aromatic heterocycles. The fourth-order valence-corrected chi connectivity index (χ4v) is 1.08. The molecule has 0 aromatic carbocycles. The Labute approximate surface area is 79.5 Å². The van der Waals surface area contributed by atoms with Crippen molar-refractivity contribution in [2.75, 3.05) is 6.54 Å². The lowest BCUT2D eigenvalue weighted by atomic mass is 10.1. The maximum atomic E-state index is 5.17. The lowest BCUT2D eigenvalue weighted by Gasteiger charge is -1.96. The Morgan fingerprint density at radius 1 is 1.54 bits per heavy atom. The normalized spacial score (nSPS) is 11.1. The first-order valence-electron chi connectivity index (χ1n) is 4.90. The second-order valence-electron chi connectivity index (χ2n) is 3.55. The van der Waals surface area contributed by atoms with Crippen LogP contribution in [0.5, 0.6) is 0 Å². The molecular formula is C10H18N2O. The fraction of sp³-hybridized carbons (Fsp3) is 0.700. The van der Waals surface area contributed by atoms with Crippen molar-refractivity contribution in [1.29, 1.82) is 0 Å². The fourth-order valence-electron chi connectivity index (χ4n) is 1.08. The van der Waals surface area contributed by atoms with Crippen molar-refractivity contribution < 1.29 is 4.52 Å². The summed E-state index contributed by atoms with van der Waals surface area (Å²) in [6, 6.07) is 2.02. The number of hydrogen-bond acceptors (Lipinski definition) is 3. The number of rotatable bonds is 5. The van der Waals surface area contributed by atoms with E-state index in [1.165, 1.54) is 0 Å². The van der Waals surface area contributed by atoms with Crippen LogP contribution in [0.15, 0.2) is 10.6 Å². The van der Waals surface area contributed by atoms with Crippen LogP contribution in [0.1, 0.15) is 44.6 Å². The van der Waals surface area contributed by atoms with Gasteiger partial charge in [-0.25, -0.2) is 0 Å². The second-order valence-corrected chi connectivity index (χ2v) is 3.55. The van der Waals surface area contributed by atoms with Crippen LogP contribution < -0.4 is 5.32 Å². The standard InChI is InChI=1S/C10H18N2O/c1-4-5-11-7-9-6-10(8(2)3)13-12-9/h6,8,11H,4-5,7H2,1-3H3. The molecular weight excluding hydrogens is 164 g/mol. The first-order chi connectivity index (χ1) is 6.24. The molecule has 0 saturated heterocycles. The van der Waals surface area contributed by atoms with Crippen molar-refractivity contribution in [1.82, 2.24) is 10.5 Å². The third-order valence-corrected chi connectivity index (χ3v) is 1.88. The van der Waals surface area contributed by atoms with Gasteiger partial charge in [0, 0.05) is 18.5 Å². The molecule has 0 radical (unpaired) electrons. The van der Waals surface area contributed by atoms with Crippen molar-refractivity contribution in [3.8, 4) is 0 Å². The SMILES string of the molecule is CCCNCc1cc(C(C)C)on1. The summed E-state index contributed by atoms with van der Waals surface area (Å²) in [7, 11) is 0. The van der Waals surface area contributed by atoms with E-state index in [0.29, 0.717) is 5.92 Å². The smallest absolute Gasteiger partial charge is 0.139 e. The van der Waals surface area contributed by atoms with Crippen LogP contribution in [0.3, 0.4) is 0 Å². The molecule has 0 amide bonds. The Morgan fingerprint density at radius 3 is 2.85 bits per heavy atom. The van der Waals surface area contributed by atoms with Crippen molar-refractivity contribution >= 4 is 0 Å². The van der Waals surface area contributed by atoms with E-state index in [2.05, 4.69) is 31.2 Å². The van der Waals surface area contributed by atoms with Gasteiger partial charge >= 0.3 is 0 Å². The van der Waals surface area contributed by atoms with Gasteiger partial charge in [0.1, 0.15) is 5.76 Å². The maximum Gasteiger partial charge on any atom is 0.139 e. The highest BCUT2D eigenvalue weighted by molar-refractivity contribution is 5.08. The van der Waals surface area contributed by atoms with E-state index in [1.807, 2.05) is 6.07 Å². The molecule has 1 N–H and O–H groups in total. The second kappa shape index (κ2) is 5.02. The number of nitrogens with zero attached hydrogens (tertiary/aromatic N) is 1. The lowest BCUT2D eigenvalue weighted by molar-refractivity contribution is 0.364. The number of aromatic nitrogens is 1. The van der Waals surface area contributed by atoms with Gasteiger partial charge < -0.3 is 9.84 Å². The summed E-state index contributed by atoms with van der Waals surface area (Å²) in [5.74, 6) is 1.39. The minimum atomic E-state index is 0.424. The van der Waals surface area contributed by atoms with Crippen LogP contribution in [-0.2, 0) is 6.54 Å². The number of nitrogens with one attached hydrogen (secondary N) is 1. The van der Waals surface area contributed by atoms with Gasteiger partial charge in [-0.1, -0.05) is 25.9 Å². The molecule has 0 atom stereocenters. The topological polar surface area (TPSA) is 38.1 Å². The Hall–Kier alpha value is -0.830. The zero-order valence-corrected chi connectivity index (χ0v) is 8.63. The Morgan fingerprint density at radius 2 is 2.31 bits per heavy atom. The lowest BCUT2D eigenvalue weighted by Crippen LogP contribution is -2.13. The monoisotopic (exact) mass is 182 g/mol. The van der Waals surface area contributed by atoms with Gasteiger partial charge in [-0.05, 0) is 13.0 Å². The predicted molar refractivity (Wildman–Crippen MR) is 52.6 cm³/mol. The number of hydrogen-bond donors (Lipinski definition) is 1. The summed E-state index contributed by atoms with van der Waals surface area (Å²) in [5.41, 5.74) is 0.997. The van der Waals surface area contributed by atoms with Crippen LogP contribution in [-0.4, -0.2) is 11.7 Å². The molecule has 0 unspecified atom stereocenters. The van der Waals surface area contributed by atoms with Crippen LogP contribution in [0.4, 0.5) is 0 Å². The largest absolute Gasteiger partial charge is 0.361 e. The highest BCUT2D eigenvalue weighted by Crippen LogP contribution is 2.14. The Bertz CT molecular complexity index is 243. The molecule has 13 heavy (non-hydrogen) atoms. The van der Waals surface area contributed by atoms with Gasteiger partial charge in [0.15, 0.2) is 0 Å². The van der Waals surface area contributed by atoms with Crippen molar-refractivity contribution in [2.45, 2.75) is 39.7 Å². The average Bonchev–Trinajstić information content (AvgIpc) is 2.53. The van der Waals surface area contributed by atoms with E-state index in [9.17, 15) is 0 Å². The van der Waals surface area contributed by atoms with E-state index < -0.39 is 0 Å². The third kappa shape index (κ3) is 3.19. The molecule has 74 valence electrons. The van der Waals surface area contributed by atoms with Gasteiger partial charge in [0.25, 0.3) is 0 Å². The van der Waals surface area contributed by atoms with Gasteiger partial charge in [-0.15, -0.1) is 0 Å². The zero-order valence-electron chi connectivity index (χ0n) is 8.63. The highest BCUT2D eigenvalue weighted by Gasteiger charge is 2.06. The molecule has 1 aromatic rings. The molecule has 0 aliphatic heterocycles. The summed E-state index contributed by atoms with van der Waals surface area (Å²) in [4.78, 5) is 0. The summed E-state index contributed by atoms with van der Waals surface area (Å²) < 4.78 is 5.17. The zero-order chi connectivity index (χ0) is 9.68. The Balaban J connectivity index is 2.40. The molecule has 0 aliphatic rings. The average molecular weight is 182 g/mol. The molecule has 0 fully saturated rings. The van der Waals surface area contributed by atoms with Gasteiger partial charge in [-0.3, -0.25) is 0 Å². The summed E-state index contributed by atoms with van der Waals surface area (Å²) in [6.07, 6.45) is 1.15. The van der Waals surface area contributed by atoms with E-state index in [1.54, 1.807) is 0 Å². The minimum absolute atomic E-state index is 0.424. The first kappa shape index (κ1) is 10.3. The van der Waals surface area contributed by atoms with Crippen LogP contribution >= 0.6 is 0 Å². The van der Waals surface area contributed by atoms with Gasteiger partial charge in [0.05, 0.1) is 5.69 Å². The van der Waals surface area contributed by atoms with E-state index in [0.717, 1.165) is 31.0 Å². The minimum Gasteiger partial charge on any atom is -0.361 e. The van der Waals surface area contributed by atoms with Crippen molar-refractivity contribution in [3.05, 3.63) is 17.5 Å². The molecule has 1 heterocycles. The van der Waals surface area contributed by atoms with Gasteiger partial charge in [-0.2, -0.15) is 0 Å². The Kier molecular flexibility index (Phi) is 3.96. The van der Waals surface area contributed by atoms with E-state index in [4.69, 9.17) is 4.52 Å². The molecule has 0 spiro atoms. The van der Waals surface area contributed by atoms with Crippen molar-refractivity contribution in [2.24, 2.45) is 0 Å². The van der Waals surface area contributed by atoms with Crippen molar-refractivity contribution in [3.63, 3.8) is 0 Å². The summed E-state index contributed by atoms with van der Waals surface area (Å²) in [6.45, 7) is 8.19.